The topological polar surface area (TPSA) is 70.8 Å². The lowest BCUT2D eigenvalue weighted by Crippen LogP contribution is -2.36. The Hall–Kier alpha value is -2.47. The van der Waals surface area contributed by atoms with Gasteiger partial charge in [0.15, 0.2) is 0 Å². The number of hydrogen-bond acceptors (Lipinski definition) is 5. The van der Waals surface area contributed by atoms with Gasteiger partial charge in [-0.25, -0.2) is 4.98 Å². The van der Waals surface area contributed by atoms with E-state index in [0.29, 0.717) is 17.7 Å². The number of aromatic amines is 1. The van der Waals surface area contributed by atoms with Gasteiger partial charge in [-0.15, -0.1) is 10.2 Å². The fraction of sp³-hybridized carbons (Fsp3) is 0.421. The van der Waals surface area contributed by atoms with Crippen LogP contribution >= 0.6 is 0 Å². The van der Waals surface area contributed by atoms with Gasteiger partial charge >= 0.3 is 0 Å². The molecule has 25 heavy (non-hydrogen) atoms. The largest absolute Gasteiger partial charge is 0.424 e. The summed E-state index contributed by atoms with van der Waals surface area (Å²) < 4.78 is 5.61. The van der Waals surface area contributed by atoms with Gasteiger partial charge < -0.3 is 9.40 Å². The number of imidazole rings is 1. The van der Waals surface area contributed by atoms with E-state index < -0.39 is 0 Å². The first-order chi connectivity index (χ1) is 12.2. The second-order valence-electron chi connectivity index (χ2n) is 6.72. The molecule has 4 rings (SSSR count). The molecule has 0 radical (unpaired) electrons. The monoisotopic (exact) mass is 337 g/mol. The first kappa shape index (κ1) is 16.0. The Morgan fingerprint density at radius 2 is 2.08 bits per heavy atom. The number of aromatic nitrogens is 4. The molecule has 0 spiro atoms. The van der Waals surface area contributed by atoms with Gasteiger partial charge in [-0.1, -0.05) is 30.3 Å². The van der Waals surface area contributed by atoms with Crippen LogP contribution < -0.4 is 0 Å². The number of H-pyrrole nitrogens is 1. The molecule has 2 aromatic heterocycles. The molecule has 1 aliphatic rings. The van der Waals surface area contributed by atoms with Gasteiger partial charge in [0.1, 0.15) is 5.82 Å². The third kappa shape index (κ3) is 3.35. The SMILES string of the molecule is Cc1nnc([C@H](C)N2CCC[C@@H](c3ncc(-c4ccccc4)[nH]3)C2)o1. The maximum absolute atomic E-state index is 5.61. The standard InChI is InChI=1S/C19H23N5O/c1-13(19-23-22-14(2)25-19)24-10-6-9-16(12-24)18-20-11-17(21-18)15-7-4-3-5-8-15/h3-5,7-8,11,13,16H,6,9-10,12H2,1-2H3,(H,20,21)/t13-,16+/m0/s1. The van der Waals surface area contributed by atoms with Crippen LogP contribution in [0, 0.1) is 6.92 Å². The summed E-state index contributed by atoms with van der Waals surface area (Å²) in [6, 6.07) is 10.5. The van der Waals surface area contributed by atoms with Crippen LogP contribution in [0.15, 0.2) is 40.9 Å². The van der Waals surface area contributed by atoms with E-state index in [9.17, 15) is 0 Å². The number of rotatable bonds is 4. The number of hydrogen-bond donors (Lipinski definition) is 1. The van der Waals surface area contributed by atoms with Gasteiger partial charge in [0.2, 0.25) is 11.8 Å². The van der Waals surface area contributed by atoms with Crippen LogP contribution in [0.4, 0.5) is 0 Å². The lowest BCUT2D eigenvalue weighted by atomic mass is 9.96. The fourth-order valence-electron chi connectivity index (χ4n) is 3.53. The highest BCUT2D eigenvalue weighted by molar-refractivity contribution is 5.58. The van der Waals surface area contributed by atoms with Crippen molar-refractivity contribution in [1.29, 1.82) is 0 Å². The average molecular weight is 337 g/mol. The van der Waals surface area contributed by atoms with Crippen molar-refractivity contribution < 1.29 is 4.42 Å². The van der Waals surface area contributed by atoms with Crippen LogP contribution in [-0.4, -0.2) is 38.2 Å². The van der Waals surface area contributed by atoms with Gasteiger partial charge in [-0.2, -0.15) is 0 Å². The lowest BCUT2D eigenvalue weighted by molar-refractivity contribution is 0.136. The molecule has 130 valence electrons. The van der Waals surface area contributed by atoms with Crippen molar-refractivity contribution in [2.75, 3.05) is 13.1 Å². The zero-order valence-electron chi connectivity index (χ0n) is 14.6. The summed E-state index contributed by atoms with van der Waals surface area (Å²) >= 11 is 0. The lowest BCUT2D eigenvalue weighted by Gasteiger charge is -2.34. The highest BCUT2D eigenvalue weighted by atomic mass is 16.4. The molecule has 0 bridgehead atoms. The molecule has 1 N–H and O–H groups in total. The van der Waals surface area contributed by atoms with Crippen LogP contribution in [0.2, 0.25) is 0 Å². The predicted molar refractivity (Wildman–Crippen MR) is 95.0 cm³/mol. The second-order valence-corrected chi connectivity index (χ2v) is 6.72. The smallest absolute Gasteiger partial charge is 0.233 e. The van der Waals surface area contributed by atoms with Crippen LogP contribution in [0.1, 0.15) is 49.3 Å². The summed E-state index contributed by atoms with van der Waals surface area (Å²) in [7, 11) is 0. The number of nitrogens with one attached hydrogen (secondary N) is 1. The van der Waals surface area contributed by atoms with Crippen molar-refractivity contribution in [3.05, 3.63) is 54.1 Å². The Balaban J connectivity index is 1.49. The summed E-state index contributed by atoms with van der Waals surface area (Å²) in [5.74, 6) is 2.78. The quantitative estimate of drug-likeness (QED) is 0.786. The molecule has 3 heterocycles. The molecule has 1 aromatic carbocycles. The summed E-state index contributed by atoms with van der Waals surface area (Å²) in [4.78, 5) is 10.6. The van der Waals surface area contributed by atoms with E-state index in [-0.39, 0.29) is 6.04 Å². The van der Waals surface area contributed by atoms with Gasteiger partial charge in [-0.3, -0.25) is 4.90 Å². The molecule has 0 saturated carbocycles. The molecule has 1 saturated heterocycles. The average Bonchev–Trinajstić information content (AvgIpc) is 3.31. The van der Waals surface area contributed by atoms with E-state index >= 15 is 0 Å². The van der Waals surface area contributed by atoms with E-state index in [1.807, 2.05) is 31.3 Å². The number of benzene rings is 1. The van der Waals surface area contributed by atoms with Crippen molar-refractivity contribution in [1.82, 2.24) is 25.1 Å². The van der Waals surface area contributed by atoms with Crippen molar-refractivity contribution in [3.8, 4) is 11.3 Å². The third-order valence-electron chi connectivity index (χ3n) is 4.97. The van der Waals surface area contributed by atoms with Crippen LogP contribution in [0.3, 0.4) is 0 Å². The number of aryl methyl sites for hydroxylation is 1. The molecular formula is C19H23N5O. The van der Waals surface area contributed by atoms with E-state index in [2.05, 4.69) is 44.1 Å². The number of nitrogens with zero attached hydrogens (tertiary/aromatic N) is 4. The molecule has 0 aliphatic carbocycles. The van der Waals surface area contributed by atoms with Crippen molar-refractivity contribution in [2.24, 2.45) is 0 Å². The molecule has 6 heteroatoms. The van der Waals surface area contributed by atoms with Crippen LogP contribution in [-0.2, 0) is 0 Å². The third-order valence-corrected chi connectivity index (χ3v) is 4.97. The van der Waals surface area contributed by atoms with Crippen molar-refractivity contribution in [3.63, 3.8) is 0 Å². The molecule has 6 nitrogen and oxygen atoms in total. The molecule has 0 amide bonds. The van der Waals surface area contributed by atoms with Crippen molar-refractivity contribution >= 4 is 0 Å². The first-order valence-electron chi connectivity index (χ1n) is 8.85. The second kappa shape index (κ2) is 6.80. The maximum Gasteiger partial charge on any atom is 0.233 e. The normalized spacial score (nSPS) is 19.8. The number of piperidine rings is 1. The Bertz CT molecular complexity index is 825. The molecular weight excluding hydrogens is 314 g/mol. The molecule has 1 fully saturated rings. The Morgan fingerprint density at radius 3 is 2.84 bits per heavy atom. The zero-order valence-corrected chi connectivity index (χ0v) is 14.6. The van der Waals surface area contributed by atoms with Crippen LogP contribution in [0.5, 0.6) is 0 Å². The van der Waals surface area contributed by atoms with Gasteiger partial charge in [0.25, 0.3) is 0 Å². The summed E-state index contributed by atoms with van der Waals surface area (Å²) in [6.07, 6.45) is 4.23. The van der Waals surface area contributed by atoms with Crippen LogP contribution in [0.25, 0.3) is 11.3 Å². The van der Waals surface area contributed by atoms with E-state index in [0.717, 1.165) is 37.4 Å². The Morgan fingerprint density at radius 1 is 1.24 bits per heavy atom. The summed E-state index contributed by atoms with van der Waals surface area (Å²) in [6.45, 7) is 5.96. The maximum atomic E-state index is 5.61. The molecule has 3 aromatic rings. The first-order valence-corrected chi connectivity index (χ1v) is 8.85. The number of likely N-dealkylation sites (tertiary alicyclic amines) is 1. The Kier molecular flexibility index (Phi) is 4.36. The highest BCUT2D eigenvalue weighted by Gasteiger charge is 2.29. The Labute approximate surface area is 147 Å². The summed E-state index contributed by atoms with van der Waals surface area (Å²) in [5.41, 5.74) is 2.25. The van der Waals surface area contributed by atoms with E-state index in [1.54, 1.807) is 0 Å². The molecule has 0 unspecified atom stereocenters. The van der Waals surface area contributed by atoms with E-state index in [1.165, 1.54) is 5.56 Å². The van der Waals surface area contributed by atoms with Gasteiger partial charge in [0, 0.05) is 19.4 Å². The van der Waals surface area contributed by atoms with Crippen molar-refractivity contribution in [2.45, 2.75) is 38.6 Å². The molecule has 2 atom stereocenters. The highest BCUT2D eigenvalue weighted by Crippen LogP contribution is 2.31. The molecule has 1 aliphatic heterocycles. The minimum absolute atomic E-state index is 0.132. The zero-order chi connectivity index (χ0) is 17.2. The summed E-state index contributed by atoms with van der Waals surface area (Å²) in [5, 5.41) is 8.14. The van der Waals surface area contributed by atoms with Gasteiger partial charge in [0.05, 0.1) is 17.9 Å². The minimum Gasteiger partial charge on any atom is -0.424 e. The van der Waals surface area contributed by atoms with Gasteiger partial charge in [-0.05, 0) is 31.9 Å². The predicted octanol–water partition coefficient (Wildman–Crippen LogP) is 3.71. The van der Waals surface area contributed by atoms with E-state index in [4.69, 9.17) is 4.42 Å². The fourth-order valence-corrected chi connectivity index (χ4v) is 3.53. The minimum atomic E-state index is 0.132.